The van der Waals surface area contributed by atoms with E-state index in [1.165, 1.54) is 24.3 Å². The van der Waals surface area contributed by atoms with Crippen LogP contribution in [0.15, 0.2) is 66.7 Å². The molecule has 1 fully saturated rings. The standard InChI is InChI=1S/C27H28F3N5O3/c28-27(29,30)23-15-21(8-5-20(23)17-35-13-11-32-12-14-35)34-26(37)33-16-19-3-1-2-4-24(19)38-22-9-6-18(7-10-22)25(31)36/h1-10,15,32H,11-14,16-17H2,(H2,31,36)(H2,33,34,37). The number of rotatable bonds is 8. The first-order valence-corrected chi connectivity index (χ1v) is 12.0. The SMILES string of the molecule is NC(=O)c1ccc(Oc2ccccc2CNC(=O)Nc2ccc(CN3CCNCC3)c(C(F)(F)F)c2)cc1. The Morgan fingerprint density at radius 3 is 2.37 bits per heavy atom. The van der Waals surface area contributed by atoms with Gasteiger partial charge in [-0.1, -0.05) is 24.3 Å². The van der Waals surface area contributed by atoms with E-state index in [0.717, 1.165) is 19.2 Å². The summed E-state index contributed by atoms with van der Waals surface area (Å²) in [6, 6.07) is 16.4. The summed E-state index contributed by atoms with van der Waals surface area (Å²) in [4.78, 5) is 25.7. The number of nitrogens with zero attached hydrogens (tertiary/aromatic N) is 1. The largest absolute Gasteiger partial charge is 0.457 e. The van der Waals surface area contributed by atoms with E-state index >= 15 is 0 Å². The number of nitrogens with one attached hydrogen (secondary N) is 3. The van der Waals surface area contributed by atoms with Crippen LogP contribution in [0.4, 0.5) is 23.7 Å². The Morgan fingerprint density at radius 2 is 1.68 bits per heavy atom. The lowest BCUT2D eigenvalue weighted by Gasteiger charge is -2.28. The van der Waals surface area contributed by atoms with Crippen LogP contribution in [0.1, 0.15) is 27.0 Å². The smallest absolute Gasteiger partial charge is 0.416 e. The van der Waals surface area contributed by atoms with Gasteiger partial charge < -0.3 is 26.4 Å². The van der Waals surface area contributed by atoms with Crippen molar-refractivity contribution >= 4 is 17.6 Å². The van der Waals surface area contributed by atoms with Crippen LogP contribution >= 0.6 is 0 Å². The van der Waals surface area contributed by atoms with Crippen LogP contribution in [-0.4, -0.2) is 43.0 Å². The zero-order valence-corrected chi connectivity index (χ0v) is 20.5. The Morgan fingerprint density at radius 1 is 0.974 bits per heavy atom. The van der Waals surface area contributed by atoms with Gasteiger partial charge in [0.1, 0.15) is 11.5 Å². The highest BCUT2D eigenvalue weighted by Gasteiger charge is 2.34. The maximum Gasteiger partial charge on any atom is 0.416 e. The quantitative estimate of drug-likeness (QED) is 0.349. The summed E-state index contributed by atoms with van der Waals surface area (Å²) < 4.78 is 47.2. The van der Waals surface area contributed by atoms with Crippen LogP contribution in [0.2, 0.25) is 0 Å². The molecule has 11 heteroatoms. The molecule has 8 nitrogen and oxygen atoms in total. The molecule has 3 aromatic rings. The number of piperazine rings is 1. The van der Waals surface area contributed by atoms with Crippen molar-refractivity contribution in [3.8, 4) is 11.5 Å². The molecule has 0 atom stereocenters. The van der Waals surface area contributed by atoms with E-state index in [4.69, 9.17) is 10.5 Å². The molecule has 0 bridgehead atoms. The fourth-order valence-electron chi connectivity index (χ4n) is 4.08. The predicted octanol–water partition coefficient (Wildman–Crippen LogP) is 4.32. The monoisotopic (exact) mass is 527 g/mol. The van der Waals surface area contributed by atoms with Gasteiger partial charge in [0.15, 0.2) is 0 Å². The lowest BCUT2D eigenvalue weighted by Crippen LogP contribution is -2.43. The number of alkyl halides is 3. The molecule has 1 aliphatic heterocycles. The molecule has 0 radical (unpaired) electrons. The van der Waals surface area contributed by atoms with E-state index < -0.39 is 23.7 Å². The third kappa shape index (κ3) is 7.24. The van der Waals surface area contributed by atoms with Crippen molar-refractivity contribution in [3.63, 3.8) is 0 Å². The molecule has 200 valence electrons. The Hall–Kier alpha value is -4.09. The van der Waals surface area contributed by atoms with E-state index in [9.17, 15) is 22.8 Å². The maximum absolute atomic E-state index is 13.8. The first-order valence-electron chi connectivity index (χ1n) is 12.0. The number of anilines is 1. The number of primary amides is 1. The summed E-state index contributed by atoms with van der Waals surface area (Å²) >= 11 is 0. The molecule has 0 aromatic heterocycles. The van der Waals surface area contributed by atoms with Gasteiger partial charge in [-0.2, -0.15) is 13.2 Å². The molecule has 3 aromatic carbocycles. The van der Waals surface area contributed by atoms with Crippen LogP contribution in [0.3, 0.4) is 0 Å². The lowest BCUT2D eigenvalue weighted by atomic mass is 10.0. The topological polar surface area (TPSA) is 109 Å². The second-order valence-electron chi connectivity index (χ2n) is 8.80. The second-order valence-corrected chi connectivity index (χ2v) is 8.80. The van der Waals surface area contributed by atoms with Gasteiger partial charge in [0.05, 0.1) is 5.56 Å². The molecule has 5 N–H and O–H groups in total. The molecule has 4 rings (SSSR count). The number of hydrogen-bond donors (Lipinski definition) is 4. The van der Waals surface area contributed by atoms with Gasteiger partial charge in [0, 0.05) is 56.1 Å². The van der Waals surface area contributed by atoms with Crippen molar-refractivity contribution in [2.75, 3.05) is 31.5 Å². The van der Waals surface area contributed by atoms with E-state index in [1.807, 2.05) is 4.90 Å². The number of hydrogen-bond acceptors (Lipinski definition) is 5. The van der Waals surface area contributed by atoms with Gasteiger partial charge in [-0.05, 0) is 48.0 Å². The second kappa shape index (κ2) is 12.0. The highest BCUT2D eigenvalue weighted by molar-refractivity contribution is 5.92. The normalized spacial score (nSPS) is 14.1. The van der Waals surface area contributed by atoms with Crippen LogP contribution in [0, 0.1) is 0 Å². The molecule has 0 spiro atoms. The predicted molar refractivity (Wildman–Crippen MR) is 137 cm³/mol. The number of benzene rings is 3. The number of amides is 3. The summed E-state index contributed by atoms with van der Waals surface area (Å²) in [5.41, 5.74) is 5.68. The number of carbonyl (C=O) groups excluding carboxylic acids is 2. The van der Waals surface area contributed by atoms with Gasteiger partial charge in [0.25, 0.3) is 0 Å². The van der Waals surface area contributed by atoms with E-state index in [1.54, 1.807) is 36.4 Å². The van der Waals surface area contributed by atoms with E-state index in [2.05, 4.69) is 16.0 Å². The van der Waals surface area contributed by atoms with Crippen molar-refractivity contribution in [1.82, 2.24) is 15.5 Å². The molecule has 1 aliphatic rings. The molecule has 0 unspecified atom stereocenters. The first kappa shape index (κ1) is 27.0. The van der Waals surface area contributed by atoms with Gasteiger partial charge in [-0.25, -0.2) is 4.79 Å². The van der Waals surface area contributed by atoms with Crippen molar-refractivity contribution in [1.29, 1.82) is 0 Å². The lowest BCUT2D eigenvalue weighted by molar-refractivity contribution is -0.138. The average Bonchev–Trinajstić information content (AvgIpc) is 2.89. The van der Waals surface area contributed by atoms with Gasteiger partial charge in [-0.15, -0.1) is 0 Å². The number of ether oxygens (including phenoxy) is 1. The third-order valence-electron chi connectivity index (χ3n) is 6.06. The van der Waals surface area contributed by atoms with Crippen LogP contribution < -0.4 is 26.4 Å². The van der Waals surface area contributed by atoms with E-state index in [-0.39, 0.29) is 24.3 Å². The summed E-state index contributed by atoms with van der Waals surface area (Å²) in [6.07, 6.45) is -4.55. The Labute approximate surface area is 218 Å². The zero-order chi connectivity index (χ0) is 27.1. The Balaban J connectivity index is 1.39. The minimum absolute atomic E-state index is 0.0398. The summed E-state index contributed by atoms with van der Waals surface area (Å²) in [7, 11) is 0. The minimum Gasteiger partial charge on any atom is -0.457 e. The van der Waals surface area contributed by atoms with Gasteiger partial charge in [-0.3, -0.25) is 9.69 Å². The summed E-state index contributed by atoms with van der Waals surface area (Å²) in [5.74, 6) is 0.382. The zero-order valence-electron chi connectivity index (χ0n) is 20.5. The molecule has 1 saturated heterocycles. The fraction of sp³-hybridized carbons (Fsp3) is 0.259. The number of para-hydroxylation sites is 1. The first-order chi connectivity index (χ1) is 18.2. The van der Waals surface area contributed by atoms with Crippen molar-refractivity contribution in [2.45, 2.75) is 19.3 Å². The third-order valence-corrected chi connectivity index (χ3v) is 6.06. The maximum atomic E-state index is 13.8. The number of urea groups is 1. The number of halogens is 3. The minimum atomic E-state index is -4.55. The molecule has 1 heterocycles. The fourth-order valence-corrected chi connectivity index (χ4v) is 4.08. The molecular formula is C27H28F3N5O3. The van der Waals surface area contributed by atoms with Crippen LogP contribution in [0.5, 0.6) is 11.5 Å². The number of nitrogens with two attached hydrogens (primary N) is 1. The Kier molecular flexibility index (Phi) is 8.49. The molecule has 0 saturated carbocycles. The van der Waals surface area contributed by atoms with Crippen molar-refractivity contribution < 1.29 is 27.5 Å². The summed E-state index contributed by atoms with van der Waals surface area (Å²) in [5, 5.41) is 8.31. The van der Waals surface area contributed by atoms with Gasteiger partial charge >= 0.3 is 12.2 Å². The van der Waals surface area contributed by atoms with Crippen molar-refractivity contribution in [3.05, 3.63) is 89.0 Å². The number of carbonyl (C=O) groups is 2. The highest BCUT2D eigenvalue weighted by Crippen LogP contribution is 2.34. The summed E-state index contributed by atoms with van der Waals surface area (Å²) in [6.45, 7) is 3.06. The Bertz CT molecular complexity index is 1280. The van der Waals surface area contributed by atoms with Crippen LogP contribution in [0.25, 0.3) is 0 Å². The highest BCUT2D eigenvalue weighted by atomic mass is 19.4. The molecule has 38 heavy (non-hydrogen) atoms. The molecule has 0 aliphatic carbocycles. The van der Waals surface area contributed by atoms with Crippen LogP contribution in [-0.2, 0) is 19.3 Å². The average molecular weight is 528 g/mol. The van der Waals surface area contributed by atoms with Crippen molar-refractivity contribution in [2.24, 2.45) is 5.73 Å². The van der Waals surface area contributed by atoms with Gasteiger partial charge in [0.2, 0.25) is 5.91 Å². The van der Waals surface area contributed by atoms with E-state index in [0.29, 0.717) is 35.7 Å². The molecule has 3 amide bonds. The molecular weight excluding hydrogens is 499 g/mol.